The lowest BCUT2D eigenvalue weighted by atomic mass is 9.62. The zero-order valence-corrected chi connectivity index (χ0v) is 14.0. The van der Waals surface area contributed by atoms with Crippen LogP contribution in [0, 0.1) is 0 Å². The normalized spacial score (nSPS) is 15.2. The van der Waals surface area contributed by atoms with Crippen molar-refractivity contribution in [2.45, 2.75) is 64.0 Å². The summed E-state index contributed by atoms with van der Waals surface area (Å²) in [6.07, 6.45) is 1.26. The molecule has 1 nitrogen and oxygen atoms in total. The third kappa shape index (κ3) is 6.59. The van der Waals surface area contributed by atoms with E-state index in [0.29, 0.717) is 6.92 Å². The summed E-state index contributed by atoms with van der Waals surface area (Å²) in [6, 6.07) is 1.39. The first-order valence-electron chi connectivity index (χ1n) is 6.11. The van der Waals surface area contributed by atoms with Gasteiger partial charge in [-0.2, -0.15) is 0 Å². The van der Waals surface area contributed by atoms with Crippen molar-refractivity contribution in [1.29, 1.82) is 0 Å². The molecule has 0 aliphatic rings. The predicted molar refractivity (Wildman–Crippen MR) is 78.5 cm³/mol. The quantitative estimate of drug-likeness (QED) is 0.635. The summed E-state index contributed by atoms with van der Waals surface area (Å²) >= 11 is 0. The largest absolute Gasteiger partial charge is 0.439 e. The van der Waals surface area contributed by atoms with Crippen LogP contribution in [-0.4, -0.2) is 30.2 Å². The molecule has 0 heterocycles. The van der Waals surface area contributed by atoms with Crippen LogP contribution in [0.5, 0.6) is 0 Å². The summed E-state index contributed by atoms with van der Waals surface area (Å²) in [5.74, 6) is 0. The Bertz CT molecular complexity index is 184. The Morgan fingerprint density at radius 2 is 1.53 bits per heavy atom. The fourth-order valence-electron chi connectivity index (χ4n) is 1.70. The van der Waals surface area contributed by atoms with Gasteiger partial charge in [0, 0.05) is 23.3 Å². The monoisotopic (exact) mass is 244 g/mol. The molecule has 0 spiro atoms. The third-order valence-electron chi connectivity index (χ3n) is 3.41. The van der Waals surface area contributed by atoms with Gasteiger partial charge in [0.05, 0.1) is 0 Å². The highest BCUT2D eigenvalue weighted by Gasteiger charge is 2.34. The molecule has 0 aliphatic carbocycles. The second-order valence-electron chi connectivity index (χ2n) is 7.03. The lowest BCUT2D eigenvalue weighted by molar-refractivity contribution is 0.416. The second-order valence-corrected chi connectivity index (χ2v) is 18.3. The maximum absolute atomic E-state index is 5.69. The SMILES string of the molecule is COB(CC[Si](C)(C)C)C(C)[Si](C)(C)C. The van der Waals surface area contributed by atoms with Crippen molar-refractivity contribution in [3.8, 4) is 0 Å². The molecule has 0 aromatic rings. The van der Waals surface area contributed by atoms with E-state index in [2.05, 4.69) is 46.2 Å². The summed E-state index contributed by atoms with van der Waals surface area (Å²) in [4.78, 5) is 0. The van der Waals surface area contributed by atoms with Crippen LogP contribution < -0.4 is 0 Å². The van der Waals surface area contributed by atoms with Gasteiger partial charge < -0.3 is 4.65 Å². The van der Waals surface area contributed by atoms with Crippen molar-refractivity contribution in [1.82, 2.24) is 0 Å². The first-order chi connectivity index (χ1) is 6.58. The van der Waals surface area contributed by atoms with Gasteiger partial charge in [0.15, 0.2) is 0 Å². The molecule has 0 saturated heterocycles. The first-order valence-corrected chi connectivity index (χ1v) is 13.4. The third-order valence-corrected chi connectivity index (χ3v) is 8.30. The molecule has 1 unspecified atom stereocenters. The lowest BCUT2D eigenvalue weighted by Crippen LogP contribution is -2.39. The topological polar surface area (TPSA) is 9.23 Å². The molecule has 90 valence electrons. The molecule has 0 bridgehead atoms. The average molecular weight is 244 g/mol. The molecule has 0 aromatic carbocycles. The number of rotatable bonds is 6. The van der Waals surface area contributed by atoms with Crippen LogP contribution in [-0.2, 0) is 4.65 Å². The number of hydrogen-bond acceptors (Lipinski definition) is 1. The maximum atomic E-state index is 5.69. The van der Waals surface area contributed by atoms with Crippen LogP contribution in [0.3, 0.4) is 0 Å². The minimum Gasteiger partial charge on any atom is -0.439 e. The predicted octanol–water partition coefficient (Wildman–Crippen LogP) is 4.23. The average Bonchev–Trinajstić information content (AvgIpc) is 2.01. The van der Waals surface area contributed by atoms with E-state index in [1.165, 1.54) is 12.4 Å². The summed E-state index contributed by atoms with van der Waals surface area (Å²) in [6.45, 7) is 17.5. The van der Waals surface area contributed by atoms with Gasteiger partial charge >= 0.3 is 0 Å². The van der Waals surface area contributed by atoms with Gasteiger partial charge in [0.25, 0.3) is 6.92 Å². The van der Waals surface area contributed by atoms with Gasteiger partial charge in [0.2, 0.25) is 0 Å². The smallest absolute Gasteiger partial charge is 0.292 e. The molecule has 0 saturated carbocycles. The highest BCUT2D eigenvalue weighted by molar-refractivity contribution is 6.88. The molecule has 0 N–H and O–H groups in total. The standard InChI is InChI=1S/C11H29BOSi2/c1-11(15(6,7)8)12(13-2)9-10-14(3,4)5/h11H,9-10H2,1-8H3. The van der Waals surface area contributed by atoms with Gasteiger partial charge in [-0.15, -0.1) is 0 Å². The van der Waals surface area contributed by atoms with Gasteiger partial charge in [-0.25, -0.2) is 0 Å². The molecule has 4 heteroatoms. The van der Waals surface area contributed by atoms with Crippen molar-refractivity contribution < 1.29 is 4.65 Å². The van der Waals surface area contributed by atoms with E-state index < -0.39 is 16.1 Å². The highest BCUT2D eigenvalue weighted by atomic mass is 28.3. The molecule has 0 aliphatic heterocycles. The van der Waals surface area contributed by atoms with Crippen LogP contribution >= 0.6 is 0 Å². The molecule has 0 radical (unpaired) electrons. The van der Waals surface area contributed by atoms with Gasteiger partial charge in [0.1, 0.15) is 0 Å². The minimum absolute atomic E-state index is 0.489. The van der Waals surface area contributed by atoms with Crippen LogP contribution in [0.25, 0.3) is 0 Å². The lowest BCUT2D eigenvalue weighted by Gasteiger charge is -2.30. The maximum Gasteiger partial charge on any atom is 0.292 e. The van der Waals surface area contributed by atoms with Gasteiger partial charge in [-0.1, -0.05) is 52.2 Å². The Kier molecular flexibility index (Phi) is 5.86. The van der Waals surface area contributed by atoms with Crippen molar-refractivity contribution in [3.63, 3.8) is 0 Å². The molecular weight excluding hydrogens is 215 g/mol. The Morgan fingerprint density at radius 1 is 1.07 bits per heavy atom. The van der Waals surface area contributed by atoms with Gasteiger partial charge in [-0.05, 0) is 11.8 Å². The van der Waals surface area contributed by atoms with Crippen molar-refractivity contribution in [3.05, 3.63) is 0 Å². The zero-order chi connectivity index (χ0) is 12.3. The van der Waals surface area contributed by atoms with E-state index in [1.54, 1.807) is 0 Å². The fraction of sp³-hybridized carbons (Fsp3) is 1.00. The van der Waals surface area contributed by atoms with Gasteiger partial charge in [-0.3, -0.25) is 0 Å². The molecule has 15 heavy (non-hydrogen) atoms. The van der Waals surface area contributed by atoms with E-state index in [4.69, 9.17) is 4.65 Å². The molecule has 1 atom stereocenters. The van der Waals surface area contributed by atoms with E-state index >= 15 is 0 Å². The zero-order valence-electron chi connectivity index (χ0n) is 12.0. The Morgan fingerprint density at radius 3 is 1.80 bits per heavy atom. The summed E-state index contributed by atoms with van der Waals surface area (Å²) in [7, 11) is -0.0759. The molecule has 0 amide bonds. The van der Waals surface area contributed by atoms with Crippen LogP contribution in [0.15, 0.2) is 0 Å². The molecular formula is C11H29BOSi2. The van der Waals surface area contributed by atoms with Crippen molar-refractivity contribution >= 4 is 23.1 Å². The van der Waals surface area contributed by atoms with E-state index in [-0.39, 0.29) is 0 Å². The second kappa shape index (κ2) is 5.69. The molecule has 0 rings (SSSR count). The Hall–Kier alpha value is 0.459. The van der Waals surface area contributed by atoms with E-state index in [1.807, 2.05) is 7.11 Å². The number of hydrogen-bond donors (Lipinski definition) is 0. The summed E-state index contributed by atoms with van der Waals surface area (Å²) in [5, 5.41) is 0. The summed E-state index contributed by atoms with van der Waals surface area (Å²) in [5.41, 5.74) is 0.763. The van der Waals surface area contributed by atoms with E-state index in [0.717, 1.165) is 5.44 Å². The van der Waals surface area contributed by atoms with Crippen LogP contribution in [0.4, 0.5) is 0 Å². The Balaban J connectivity index is 4.26. The van der Waals surface area contributed by atoms with Crippen LogP contribution in [0.2, 0.25) is 57.1 Å². The minimum atomic E-state index is -1.05. The Labute approximate surface area is 99.1 Å². The molecule has 0 aromatic heterocycles. The highest BCUT2D eigenvalue weighted by Crippen LogP contribution is 2.28. The van der Waals surface area contributed by atoms with Crippen molar-refractivity contribution in [2.75, 3.05) is 7.11 Å². The first kappa shape index (κ1) is 15.5. The van der Waals surface area contributed by atoms with Crippen LogP contribution in [0.1, 0.15) is 6.92 Å². The van der Waals surface area contributed by atoms with E-state index in [9.17, 15) is 0 Å². The van der Waals surface area contributed by atoms with Crippen molar-refractivity contribution in [2.24, 2.45) is 0 Å². The fourth-order valence-corrected chi connectivity index (χ4v) is 4.27. The molecule has 0 fully saturated rings. The summed E-state index contributed by atoms with van der Waals surface area (Å²) < 4.78 is 5.69.